The molecule has 1 fully saturated rings. The molecule has 19 heteroatoms. The number of aliphatic hydroxyl groups excluding tert-OH is 4. The summed E-state index contributed by atoms with van der Waals surface area (Å²) in [7, 11) is 1.51. The number of allylic oxidation sites excluding steroid dienone is 1. The van der Waals surface area contributed by atoms with Crippen molar-refractivity contribution in [2.24, 2.45) is 16.5 Å². The molecule has 3 aromatic rings. The number of hydrogen-bond donors (Lipinski definition) is 9. The second kappa shape index (κ2) is 17.7. The number of nitrogens with one attached hydrogen (secondary N) is 1. The smallest absolute Gasteiger partial charge is 0.317 e. The number of aliphatic imine (C=N–C) groups is 1. The van der Waals surface area contributed by atoms with Crippen molar-refractivity contribution in [1.82, 2.24) is 0 Å². The van der Waals surface area contributed by atoms with Crippen LogP contribution in [-0.4, -0.2) is 131 Å². The second-order valence-electron chi connectivity index (χ2n) is 16.6. The Morgan fingerprint density at radius 1 is 1.08 bits per heavy atom. The fourth-order valence-electron chi connectivity index (χ4n) is 9.69. The number of carboxylic acid groups (broad SMARTS) is 1. The van der Waals surface area contributed by atoms with Crippen LogP contribution < -0.4 is 40.1 Å². The predicted octanol–water partition coefficient (Wildman–Crippen LogP) is -1.16. The molecule has 0 aromatic heterocycles. The summed E-state index contributed by atoms with van der Waals surface area (Å²) in [5, 5.41) is 65.1. The molecule has 7 aliphatic rings. The van der Waals surface area contributed by atoms with Crippen LogP contribution in [0.4, 0.5) is 0 Å². The van der Waals surface area contributed by atoms with Gasteiger partial charge in [0, 0.05) is 47.4 Å². The summed E-state index contributed by atoms with van der Waals surface area (Å²) < 4.78 is 43.8. The second-order valence-corrected chi connectivity index (χ2v) is 16.6. The lowest BCUT2D eigenvalue weighted by Crippen LogP contribution is -3.08. The molecule has 7 aliphatic heterocycles. The minimum atomic E-state index is -2.50. The van der Waals surface area contributed by atoms with Gasteiger partial charge in [0.1, 0.15) is 86.0 Å². The fourth-order valence-corrected chi connectivity index (χ4v) is 9.69. The van der Waals surface area contributed by atoms with Crippen LogP contribution in [0.5, 0.6) is 28.7 Å². The number of esters is 1. The monoisotopic (exact) mass is 897 g/mol. The van der Waals surface area contributed by atoms with E-state index in [0.29, 0.717) is 64.0 Å². The maximum absolute atomic E-state index is 12.6. The molecule has 11 N–H and O–H groups in total. The number of rotatable bonds is 14. The van der Waals surface area contributed by atoms with Gasteiger partial charge in [0.2, 0.25) is 12.0 Å². The minimum absolute atomic E-state index is 0.0350. The molecule has 0 amide bonds. The molecule has 342 valence electrons. The van der Waals surface area contributed by atoms with E-state index < -0.39 is 85.4 Å². The zero-order chi connectivity index (χ0) is 45.7. The lowest BCUT2D eigenvalue weighted by atomic mass is 9.78. The van der Waals surface area contributed by atoms with Gasteiger partial charge in [-0.05, 0) is 17.7 Å². The first-order chi connectivity index (χ1) is 31.3. The Kier molecular flexibility index (Phi) is 12.0. The minimum Gasteiger partial charge on any atom is -0.493 e. The van der Waals surface area contributed by atoms with Crippen LogP contribution in [0.2, 0.25) is 0 Å². The summed E-state index contributed by atoms with van der Waals surface area (Å²) in [5.41, 5.74) is 15.0. The number of fused-ring (bicyclic) bond motifs is 9. The zero-order valence-electron chi connectivity index (χ0n) is 35.1. The Balaban J connectivity index is 1.22. The van der Waals surface area contributed by atoms with E-state index in [4.69, 9.17) is 44.6 Å². The molecule has 3 aromatic carbocycles. The van der Waals surface area contributed by atoms with E-state index in [9.17, 15) is 40.2 Å². The van der Waals surface area contributed by atoms with Gasteiger partial charge in [-0.15, -0.1) is 0 Å². The third-order valence-corrected chi connectivity index (χ3v) is 12.6. The van der Waals surface area contributed by atoms with Crippen LogP contribution in [0.15, 0.2) is 76.6 Å². The summed E-state index contributed by atoms with van der Waals surface area (Å²) in [6.07, 6.45) is -9.81. The molecule has 0 aliphatic carbocycles. The molecular weight excluding hydrogens is 849 g/mol. The molecule has 0 radical (unpaired) electrons. The van der Waals surface area contributed by atoms with Crippen LogP contribution in [0.25, 0.3) is 0 Å². The number of hydrogen-bond acceptors (Lipinski definition) is 17. The number of nitrogens with two attached hydrogens (primary N) is 2. The molecule has 65 heavy (non-hydrogen) atoms. The quantitative estimate of drug-likeness (QED) is 0.0399. The van der Waals surface area contributed by atoms with Gasteiger partial charge in [-0.25, -0.2) is 0 Å². The average Bonchev–Trinajstić information content (AvgIpc) is 3.99. The molecule has 7 heterocycles. The molecular formula is C46H49N4O15+. The summed E-state index contributed by atoms with van der Waals surface area (Å²) in [5.74, 6) is 4.40. The van der Waals surface area contributed by atoms with E-state index in [1.165, 1.54) is 7.11 Å². The van der Waals surface area contributed by atoms with Crippen molar-refractivity contribution >= 4 is 18.2 Å². The van der Waals surface area contributed by atoms with Crippen molar-refractivity contribution in [2.75, 3.05) is 33.5 Å². The topological polar surface area (TPSA) is 289 Å². The number of carbonyl (C=O) groups is 2. The Morgan fingerprint density at radius 3 is 2.60 bits per heavy atom. The highest BCUT2D eigenvalue weighted by molar-refractivity contribution is 5.90. The van der Waals surface area contributed by atoms with Crippen molar-refractivity contribution in [2.45, 2.75) is 86.4 Å². The van der Waals surface area contributed by atoms with E-state index in [-0.39, 0.29) is 32.1 Å². The van der Waals surface area contributed by atoms with Crippen molar-refractivity contribution in [3.63, 3.8) is 0 Å². The molecule has 0 spiro atoms. The molecule has 19 nitrogen and oxygen atoms in total. The largest absolute Gasteiger partial charge is 0.493 e. The Labute approximate surface area is 372 Å². The number of carbonyl (C=O) groups excluding carboxylic acids is 1. The van der Waals surface area contributed by atoms with Crippen molar-refractivity contribution in [1.29, 1.82) is 0 Å². The number of benzene rings is 3. The van der Waals surface area contributed by atoms with Gasteiger partial charge in [0.05, 0.1) is 31.4 Å². The summed E-state index contributed by atoms with van der Waals surface area (Å²) in [4.78, 5) is 29.3. The molecule has 10 unspecified atom stereocenters. The normalized spacial score (nSPS) is 28.2. The number of aliphatic carboxylic acids is 1. The van der Waals surface area contributed by atoms with Gasteiger partial charge in [-0.2, -0.15) is 0 Å². The number of quaternary nitrogens is 1. The van der Waals surface area contributed by atoms with Crippen LogP contribution >= 0.6 is 0 Å². The van der Waals surface area contributed by atoms with Crippen molar-refractivity contribution < 1.29 is 78.3 Å². The van der Waals surface area contributed by atoms with Gasteiger partial charge in [0.25, 0.3) is 0 Å². The number of aliphatic hydroxyl groups is 5. The Bertz CT molecular complexity index is 2540. The third-order valence-electron chi connectivity index (χ3n) is 12.6. The fraction of sp³-hybridized carbons (Fsp3) is 0.413. The molecule has 10 atom stereocenters. The molecule has 1 saturated heterocycles. The third kappa shape index (κ3) is 7.86. The van der Waals surface area contributed by atoms with E-state index in [0.717, 1.165) is 21.6 Å². The van der Waals surface area contributed by atoms with Crippen molar-refractivity contribution in [3.05, 3.63) is 99.4 Å². The average molecular weight is 898 g/mol. The predicted molar refractivity (Wildman–Crippen MR) is 225 cm³/mol. The molecule has 0 saturated carbocycles. The number of nitrogens with zero attached hydrogens (tertiary/aromatic N) is 1. The lowest BCUT2D eigenvalue weighted by molar-refractivity contribution is -0.867. The number of carboxylic acids is 1. The first-order valence-electron chi connectivity index (χ1n) is 21.1. The highest BCUT2D eigenvalue weighted by Crippen LogP contribution is 2.60. The summed E-state index contributed by atoms with van der Waals surface area (Å²) in [6, 6.07) is 15.0. The van der Waals surface area contributed by atoms with Crippen LogP contribution in [0.3, 0.4) is 0 Å². The van der Waals surface area contributed by atoms with E-state index in [1.807, 2.05) is 42.5 Å². The van der Waals surface area contributed by atoms with E-state index in [2.05, 4.69) is 16.8 Å². The Hall–Kier alpha value is -6.05. The molecule has 2 bridgehead atoms. The maximum Gasteiger partial charge on any atom is 0.317 e. The standard InChI is InChI=1S/C46H48N4O15/c1-59-28-10-9-25-34-30(16-22-6-3-2-4-7-22)61-31-17-29-24(8-5-12-46(58)42(57)37(56)45(62-29)65-43(46)41(44(47)48)63-33(55)18-32(53)54)26(20-50-19-23-11-13-49-36(23)27(50)21-52)35(31)40(34)64-38(25)39(28)60-15-14-51/h2-4,6-7,9-11,13,17,30,34,37,40-45,51-52,56-58H,12,14-16,18-21,47-48H2,1H3,(H,53,54)/p+1. The zero-order valence-corrected chi connectivity index (χ0v) is 35.1. The van der Waals surface area contributed by atoms with Gasteiger partial charge in [-0.3, -0.25) is 19.5 Å². The SMILES string of the molecule is COc1ccc2c(c1OCCO)OC1c3c(cc4c(c3C[NH+]3CC5=CC=NC5=C3CO)C#CCC3(O)C(O)C(O)C(O4)OC3C(OC(=O)CC(=O)O)C(N)N)OC(Cc3ccccc3)C21. The van der Waals surface area contributed by atoms with Gasteiger partial charge in [0.15, 0.2) is 23.3 Å². The van der Waals surface area contributed by atoms with Crippen LogP contribution in [-0.2, 0) is 32.0 Å². The van der Waals surface area contributed by atoms with Gasteiger partial charge >= 0.3 is 11.9 Å². The highest BCUT2D eigenvalue weighted by atomic mass is 16.7. The molecule has 10 rings (SSSR count). The first-order valence-corrected chi connectivity index (χ1v) is 21.1. The van der Waals surface area contributed by atoms with Gasteiger partial charge in [-0.1, -0.05) is 48.2 Å². The number of ether oxygens (including phenoxy) is 7. The van der Waals surface area contributed by atoms with Gasteiger partial charge < -0.3 is 75.3 Å². The maximum atomic E-state index is 12.6. The van der Waals surface area contributed by atoms with Crippen LogP contribution in [0.1, 0.15) is 52.7 Å². The lowest BCUT2D eigenvalue weighted by Gasteiger charge is -2.50. The van der Waals surface area contributed by atoms with Crippen molar-refractivity contribution in [3.8, 4) is 40.6 Å². The first kappa shape index (κ1) is 44.2. The van der Waals surface area contributed by atoms with E-state index >= 15 is 0 Å². The van der Waals surface area contributed by atoms with Crippen LogP contribution in [0, 0.1) is 11.8 Å². The summed E-state index contributed by atoms with van der Waals surface area (Å²) >= 11 is 0. The van der Waals surface area contributed by atoms with E-state index in [1.54, 1.807) is 18.3 Å². The summed E-state index contributed by atoms with van der Waals surface area (Å²) in [6.45, 7) is 0.0351. The number of methoxy groups -OCH3 is 1. The highest BCUT2D eigenvalue weighted by Gasteiger charge is 2.60. The Morgan fingerprint density at radius 2 is 1.88 bits per heavy atom.